The van der Waals surface area contributed by atoms with Crippen LogP contribution in [-0.4, -0.2) is 17.5 Å². The first kappa shape index (κ1) is 16.6. The summed E-state index contributed by atoms with van der Waals surface area (Å²) in [6, 6.07) is 8.02. The molecule has 0 aliphatic heterocycles. The molecule has 128 valence electrons. The number of amides is 2. The molecule has 2 atom stereocenters. The van der Waals surface area contributed by atoms with E-state index in [0.717, 1.165) is 36.1 Å². The first-order valence-electron chi connectivity index (χ1n) is 8.49. The molecule has 4 nitrogen and oxygen atoms in total. The van der Waals surface area contributed by atoms with Crippen molar-refractivity contribution in [2.24, 2.45) is 0 Å². The average Bonchev–Trinajstić information content (AvgIpc) is 3.06. The van der Waals surface area contributed by atoms with E-state index >= 15 is 0 Å². The lowest BCUT2D eigenvalue weighted by atomic mass is 9.93. The zero-order chi connectivity index (χ0) is 17.1. The number of hydrogen-bond donors (Lipinski definition) is 1. The summed E-state index contributed by atoms with van der Waals surface area (Å²) in [5, 5.41) is 3.13. The van der Waals surface area contributed by atoms with Gasteiger partial charge in [-0.1, -0.05) is 12.1 Å². The summed E-state index contributed by atoms with van der Waals surface area (Å²) in [7, 11) is 0. The summed E-state index contributed by atoms with van der Waals surface area (Å²) in [5.74, 6) is 0.703. The molecule has 1 aromatic heterocycles. The van der Waals surface area contributed by atoms with Crippen molar-refractivity contribution in [1.82, 2.24) is 10.2 Å². The summed E-state index contributed by atoms with van der Waals surface area (Å²) in [4.78, 5) is 14.5. The van der Waals surface area contributed by atoms with Gasteiger partial charge in [-0.2, -0.15) is 0 Å². The van der Waals surface area contributed by atoms with Crippen molar-refractivity contribution >= 4 is 6.03 Å². The Morgan fingerprint density at radius 3 is 2.83 bits per heavy atom. The van der Waals surface area contributed by atoms with Crippen LogP contribution in [0.15, 0.2) is 41.0 Å². The second-order valence-corrected chi connectivity index (χ2v) is 6.21. The van der Waals surface area contributed by atoms with E-state index in [0.29, 0.717) is 6.54 Å². The van der Waals surface area contributed by atoms with Crippen molar-refractivity contribution in [2.75, 3.05) is 6.54 Å². The Kier molecular flexibility index (Phi) is 4.88. The SMILES string of the molecule is CCN(C(=O)NC1CCCc2occc21)C(C)c1ccc(F)cc1. The molecule has 3 rings (SSSR count). The highest BCUT2D eigenvalue weighted by Crippen LogP contribution is 2.31. The normalized spacial score (nSPS) is 17.9. The second-order valence-electron chi connectivity index (χ2n) is 6.21. The van der Waals surface area contributed by atoms with Crippen LogP contribution in [0.5, 0.6) is 0 Å². The topological polar surface area (TPSA) is 45.5 Å². The van der Waals surface area contributed by atoms with E-state index in [1.807, 2.05) is 19.9 Å². The van der Waals surface area contributed by atoms with E-state index in [-0.39, 0.29) is 23.9 Å². The Hall–Kier alpha value is -2.30. The summed E-state index contributed by atoms with van der Waals surface area (Å²) >= 11 is 0. The maximum absolute atomic E-state index is 13.1. The predicted molar refractivity (Wildman–Crippen MR) is 90.1 cm³/mol. The Morgan fingerprint density at radius 2 is 2.12 bits per heavy atom. The van der Waals surface area contributed by atoms with E-state index < -0.39 is 0 Å². The maximum Gasteiger partial charge on any atom is 0.318 e. The van der Waals surface area contributed by atoms with Gasteiger partial charge >= 0.3 is 6.03 Å². The van der Waals surface area contributed by atoms with Crippen molar-refractivity contribution in [2.45, 2.75) is 45.2 Å². The van der Waals surface area contributed by atoms with Gasteiger partial charge in [-0.25, -0.2) is 9.18 Å². The van der Waals surface area contributed by atoms with Crippen molar-refractivity contribution in [3.05, 3.63) is 59.3 Å². The van der Waals surface area contributed by atoms with Gasteiger partial charge in [0.2, 0.25) is 0 Å². The number of carbonyl (C=O) groups is 1. The molecule has 0 spiro atoms. The van der Waals surface area contributed by atoms with Gasteiger partial charge in [0.15, 0.2) is 0 Å². The number of rotatable bonds is 4. The van der Waals surface area contributed by atoms with E-state index in [9.17, 15) is 9.18 Å². The highest BCUT2D eigenvalue weighted by Gasteiger charge is 2.27. The number of furan rings is 1. The Bertz CT molecular complexity index is 696. The molecule has 1 N–H and O–H groups in total. The minimum atomic E-state index is -0.270. The van der Waals surface area contributed by atoms with Gasteiger partial charge in [-0.3, -0.25) is 0 Å². The van der Waals surface area contributed by atoms with Crippen LogP contribution in [0.4, 0.5) is 9.18 Å². The molecule has 5 heteroatoms. The smallest absolute Gasteiger partial charge is 0.318 e. The van der Waals surface area contributed by atoms with Crippen LogP contribution in [0, 0.1) is 5.82 Å². The molecule has 2 amide bonds. The lowest BCUT2D eigenvalue weighted by molar-refractivity contribution is 0.177. The van der Waals surface area contributed by atoms with Crippen molar-refractivity contribution in [3.63, 3.8) is 0 Å². The van der Waals surface area contributed by atoms with Crippen LogP contribution in [-0.2, 0) is 6.42 Å². The number of hydrogen-bond acceptors (Lipinski definition) is 2. The molecule has 0 saturated carbocycles. The third-order valence-electron chi connectivity index (χ3n) is 4.77. The van der Waals surface area contributed by atoms with Gasteiger partial charge in [0, 0.05) is 18.5 Å². The van der Waals surface area contributed by atoms with Gasteiger partial charge in [0.05, 0.1) is 18.3 Å². The van der Waals surface area contributed by atoms with E-state index in [1.165, 1.54) is 12.1 Å². The fourth-order valence-corrected chi connectivity index (χ4v) is 3.38. The lowest BCUT2D eigenvalue weighted by Gasteiger charge is -2.31. The molecule has 0 saturated heterocycles. The molecule has 24 heavy (non-hydrogen) atoms. The minimum Gasteiger partial charge on any atom is -0.469 e. The molecule has 0 bridgehead atoms. The second kappa shape index (κ2) is 7.07. The molecule has 2 aromatic rings. The monoisotopic (exact) mass is 330 g/mol. The fourth-order valence-electron chi connectivity index (χ4n) is 3.38. The van der Waals surface area contributed by atoms with E-state index in [4.69, 9.17) is 4.42 Å². The number of nitrogens with zero attached hydrogens (tertiary/aromatic N) is 1. The number of benzene rings is 1. The molecular weight excluding hydrogens is 307 g/mol. The van der Waals surface area contributed by atoms with Crippen molar-refractivity contribution < 1.29 is 13.6 Å². The summed E-state index contributed by atoms with van der Waals surface area (Å²) in [6.07, 6.45) is 4.54. The maximum atomic E-state index is 13.1. The molecule has 0 fully saturated rings. The zero-order valence-corrected chi connectivity index (χ0v) is 14.1. The predicted octanol–water partition coefficient (Wildman–Crippen LogP) is 4.59. The van der Waals surface area contributed by atoms with Crippen LogP contribution >= 0.6 is 0 Å². The molecule has 1 aromatic carbocycles. The van der Waals surface area contributed by atoms with Crippen LogP contribution < -0.4 is 5.32 Å². The highest BCUT2D eigenvalue weighted by atomic mass is 19.1. The number of halogens is 1. The largest absolute Gasteiger partial charge is 0.469 e. The van der Waals surface area contributed by atoms with Crippen LogP contribution in [0.1, 0.15) is 55.7 Å². The minimum absolute atomic E-state index is 0.00512. The molecule has 1 heterocycles. The standard InChI is InChI=1S/C19H23FN2O2/c1-3-22(13(2)14-7-9-15(20)10-8-14)19(23)21-17-5-4-6-18-16(17)11-12-24-18/h7-13,17H,3-6H2,1-2H3,(H,21,23). The van der Waals surface area contributed by atoms with Crippen LogP contribution in [0.2, 0.25) is 0 Å². The number of urea groups is 1. The molecule has 1 aliphatic carbocycles. The lowest BCUT2D eigenvalue weighted by Crippen LogP contribution is -2.43. The summed E-state index contributed by atoms with van der Waals surface area (Å²) in [6.45, 7) is 4.49. The highest BCUT2D eigenvalue weighted by molar-refractivity contribution is 5.75. The van der Waals surface area contributed by atoms with Gasteiger partial charge in [-0.05, 0) is 50.5 Å². The van der Waals surface area contributed by atoms with Crippen molar-refractivity contribution in [3.8, 4) is 0 Å². The van der Waals surface area contributed by atoms with Crippen molar-refractivity contribution in [1.29, 1.82) is 0 Å². The number of aryl methyl sites for hydroxylation is 1. The van der Waals surface area contributed by atoms with Crippen LogP contribution in [0.3, 0.4) is 0 Å². The quantitative estimate of drug-likeness (QED) is 0.891. The summed E-state index contributed by atoms with van der Waals surface area (Å²) in [5.41, 5.74) is 2.00. The van der Waals surface area contributed by atoms with Gasteiger partial charge in [0.1, 0.15) is 11.6 Å². The third-order valence-corrected chi connectivity index (χ3v) is 4.77. The number of fused-ring (bicyclic) bond motifs is 1. The molecule has 1 aliphatic rings. The zero-order valence-electron chi connectivity index (χ0n) is 14.1. The fraction of sp³-hybridized carbons (Fsp3) is 0.421. The Balaban J connectivity index is 1.72. The first-order valence-corrected chi connectivity index (χ1v) is 8.49. The Labute approximate surface area is 141 Å². The molecule has 0 radical (unpaired) electrons. The van der Waals surface area contributed by atoms with Gasteiger partial charge in [0.25, 0.3) is 0 Å². The molecular formula is C19H23FN2O2. The first-order chi connectivity index (χ1) is 11.6. The number of nitrogens with one attached hydrogen (secondary N) is 1. The van der Waals surface area contributed by atoms with E-state index in [1.54, 1.807) is 23.3 Å². The summed E-state index contributed by atoms with van der Waals surface area (Å²) < 4.78 is 18.6. The van der Waals surface area contributed by atoms with Gasteiger partial charge in [-0.15, -0.1) is 0 Å². The third kappa shape index (κ3) is 3.30. The van der Waals surface area contributed by atoms with Gasteiger partial charge < -0.3 is 14.6 Å². The van der Waals surface area contributed by atoms with Crippen LogP contribution in [0.25, 0.3) is 0 Å². The average molecular weight is 330 g/mol. The van der Waals surface area contributed by atoms with E-state index in [2.05, 4.69) is 5.32 Å². The Morgan fingerprint density at radius 1 is 1.38 bits per heavy atom. The number of carbonyl (C=O) groups excluding carboxylic acids is 1. The molecule has 2 unspecified atom stereocenters.